The van der Waals surface area contributed by atoms with Gasteiger partial charge in [-0.25, -0.2) is 0 Å². The number of imide groups is 5. The van der Waals surface area contributed by atoms with Crippen LogP contribution >= 0.6 is 159 Å². The average Bonchev–Trinajstić information content (AvgIpc) is 1.69. The zero-order valence-electron chi connectivity index (χ0n) is 80.5. The summed E-state index contributed by atoms with van der Waals surface area (Å²) in [6.07, 6.45) is 4.62. The number of hydrogen-bond donors (Lipinski definition) is 0. The molecule has 0 bridgehead atoms. The molecule has 5 aliphatic heterocycles. The number of halogens is 10. The number of unbranched alkanes of at least 4 members (excludes halogenated alkanes) is 2. The summed E-state index contributed by atoms with van der Waals surface area (Å²) < 4.78 is 93.8. The molecule has 0 radical (unpaired) electrons. The molecule has 0 fully saturated rings. The summed E-state index contributed by atoms with van der Waals surface area (Å²) in [4.78, 5) is 170. The first-order valence-electron chi connectivity index (χ1n) is 44.1. The molecule has 0 saturated carbocycles. The molecule has 0 aromatic rings. The summed E-state index contributed by atoms with van der Waals surface area (Å²) >= 11 is 30.7. The van der Waals surface area contributed by atoms with E-state index in [1.807, 2.05) is 41.5 Å². The highest BCUT2D eigenvalue weighted by molar-refractivity contribution is 9.16. The van der Waals surface area contributed by atoms with Gasteiger partial charge in [0, 0.05) is 36.8 Å². The second-order valence-corrected chi connectivity index (χ2v) is 42.7. The van der Waals surface area contributed by atoms with E-state index in [1.165, 1.54) is 10.5 Å². The van der Waals surface area contributed by atoms with E-state index in [2.05, 4.69) is 187 Å². The number of hydrogen-bond acceptors (Lipinski definition) is 31. The Labute approximate surface area is 883 Å². The van der Waals surface area contributed by atoms with Crippen LogP contribution in [0.25, 0.3) is 0 Å². The van der Waals surface area contributed by atoms with Crippen molar-refractivity contribution in [3.8, 4) is 0 Å². The molecular weight excluding hydrogens is 2450 g/mol. The van der Waals surface area contributed by atoms with Crippen LogP contribution in [0.15, 0.2) is 57.0 Å². The molecule has 5 rings (SSSR count). The summed E-state index contributed by atoms with van der Waals surface area (Å²) in [5.41, 5.74) is -0.396. The Hall–Kier alpha value is -3.38. The first-order chi connectivity index (χ1) is 63.8. The number of amides is 10. The van der Waals surface area contributed by atoms with Gasteiger partial charge in [-0.3, -0.25) is 91.6 Å². The summed E-state index contributed by atoms with van der Waals surface area (Å²) in [6, 6.07) is 0. The van der Waals surface area contributed by atoms with Crippen molar-refractivity contribution in [2.75, 3.05) is 244 Å². The van der Waals surface area contributed by atoms with E-state index >= 15 is 0 Å². The fourth-order valence-corrected chi connectivity index (χ4v) is 14.1. The standard InChI is InChI=1S/C26H43Br2NO9.C25H41Br2NO11.C14H19Br2NO3.C13H17Br2NO5.C12H15Br2NO3/c1-21(26(2,3)4)5-7-32-9-11-34-13-15-36-17-19-38-20-18-37-16-14-35-12-10-33-8-6-29-24(30)22(27)23(28)25(29)31;1-25(2,3)24(31)39-19-18-38-17-16-37-15-14-36-13-12-35-11-10-34-9-8-33-7-6-32-5-4-28-22(29)20(26)21(27)23(28)30;1-14(2,3)9(18)7-5-4-6-8-17-12(19)10(15)11(16)13(17)20;1-13(2,3)12(19)21-7-6-20-5-4-16-10(17)8(14)9(15)11(16)18;1-12(2,3)7(16)5-4-6-15-10(17)8(13)9(14)11(15)18/h1,5-20H2,2-4H3;4-19H2,1-3H3;4-8H2,1-3H3;4-7H2,1-3H3;4-6H2,1-3H3. The zero-order valence-corrected chi connectivity index (χ0v) is 96.4. The quantitative estimate of drug-likeness (QED) is 0.0236. The van der Waals surface area contributed by atoms with E-state index < -0.39 is 22.6 Å². The molecule has 0 unspecified atom stereocenters. The molecule has 776 valence electrons. The number of carbonyl (C=O) groups is 14. The van der Waals surface area contributed by atoms with Gasteiger partial charge >= 0.3 is 11.9 Å². The van der Waals surface area contributed by atoms with Gasteiger partial charge in [-0.2, -0.15) is 0 Å². The van der Waals surface area contributed by atoms with Crippen LogP contribution < -0.4 is 0 Å². The number of carbonyl (C=O) groups excluding carboxylic acids is 14. The third-order valence-corrected chi connectivity index (χ3v) is 28.7. The van der Waals surface area contributed by atoms with E-state index in [4.69, 9.17) is 80.5 Å². The Morgan fingerprint density at radius 3 is 0.566 bits per heavy atom. The highest BCUT2D eigenvalue weighted by Crippen LogP contribution is 2.35. The molecule has 36 nitrogen and oxygen atoms in total. The van der Waals surface area contributed by atoms with Crippen LogP contribution in [0.5, 0.6) is 0 Å². The van der Waals surface area contributed by atoms with Gasteiger partial charge in [-0.15, -0.1) is 0 Å². The van der Waals surface area contributed by atoms with Crippen LogP contribution in [-0.4, -0.2) is 351 Å². The van der Waals surface area contributed by atoms with Crippen LogP contribution in [0.4, 0.5) is 0 Å². The number of esters is 2. The van der Waals surface area contributed by atoms with Gasteiger partial charge < -0.3 is 80.5 Å². The molecular formula is C90H135Br10N5O31. The predicted molar refractivity (Wildman–Crippen MR) is 541 cm³/mol. The molecule has 0 aliphatic carbocycles. The first-order valence-corrected chi connectivity index (χ1v) is 52.1. The van der Waals surface area contributed by atoms with E-state index in [1.54, 1.807) is 41.5 Å². The monoisotopic (exact) mass is 2570 g/mol. The average molecular weight is 2580 g/mol. The lowest BCUT2D eigenvalue weighted by Gasteiger charge is -2.21. The van der Waals surface area contributed by atoms with Crippen molar-refractivity contribution >= 4 is 242 Å². The van der Waals surface area contributed by atoms with E-state index in [-0.39, 0.29) is 198 Å². The van der Waals surface area contributed by atoms with Crippen LogP contribution in [0, 0.1) is 27.1 Å². The topological polar surface area (TPSA) is 412 Å². The van der Waals surface area contributed by atoms with Crippen molar-refractivity contribution < 1.29 is 148 Å². The predicted octanol–water partition coefficient (Wildman–Crippen LogP) is 13.8. The molecule has 0 N–H and O–H groups in total. The second-order valence-electron chi connectivity index (χ2n) is 34.8. The fraction of sp³-hybridized carbons (Fsp3) is 0.711. The molecule has 5 aliphatic rings. The van der Waals surface area contributed by atoms with Gasteiger partial charge in [0.05, 0.1) is 229 Å². The Bertz CT molecular complexity index is 3920. The van der Waals surface area contributed by atoms with Crippen molar-refractivity contribution in [3.63, 3.8) is 0 Å². The lowest BCUT2D eigenvalue weighted by molar-refractivity contribution is -0.155. The number of nitrogens with zero attached hydrogens (tertiary/aromatic N) is 5. The molecule has 5 heterocycles. The summed E-state index contributed by atoms with van der Waals surface area (Å²) in [5, 5.41) is 0. The van der Waals surface area contributed by atoms with Crippen LogP contribution in [0.1, 0.15) is 149 Å². The van der Waals surface area contributed by atoms with Gasteiger partial charge in [-0.1, -0.05) is 80.9 Å². The molecule has 0 saturated heterocycles. The maximum atomic E-state index is 11.9. The van der Waals surface area contributed by atoms with Gasteiger partial charge in [0.2, 0.25) is 0 Å². The number of ether oxygens (including phenoxy) is 17. The van der Waals surface area contributed by atoms with E-state index in [0.717, 1.165) is 45.3 Å². The van der Waals surface area contributed by atoms with Crippen molar-refractivity contribution in [1.82, 2.24) is 24.5 Å². The van der Waals surface area contributed by atoms with Gasteiger partial charge in [0.1, 0.15) is 69.6 Å². The minimum atomic E-state index is -0.543. The van der Waals surface area contributed by atoms with Crippen molar-refractivity contribution in [2.24, 2.45) is 27.1 Å². The van der Waals surface area contributed by atoms with Crippen molar-refractivity contribution in [3.05, 3.63) is 57.0 Å². The third kappa shape index (κ3) is 53.5. The highest BCUT2D eigenvalue weighted by atomic mass is 79.9. The number of Topliss-reactive ketones (excluding diaryl/α,β-unsaturated/α-hetero) is 2. The van der Waals surface area contributed by atoms with Crippen LogP contribution in [0.2, 0.25) is 0 Å². The number of rotatable bonds is 64. The van der Waals surface area contributed by atoms with E-state index in [0.29, 0.717) is 198 Å². The maximum Gasteiger partial charge on any atom is 0.311 e. The summed E-state index contributed by atoms with van der Waals surface area (Å²) in [7, 11) is 0. The maximum absolute atomic E-state index is 11.9. The Morgan fingerprint density at radius 1 is 0.206 bits per heavy atom. The minimum absolute atomic E-state index is 0.125. The summed E-state index contributed by atoms with van der Waals surface area (Å²) in [6.45, 7) is 47.1. The highest BCUT2D eigenvalue weighted by Gasteiger charge is 2.40. The van der Waals surface area contributed by atoms with Gasteiger partial charge in [-0.05, 0) is 232 Å². The largest absolute Gasteiger partial charge is 0.463 e. The molecule has 0 aromatic heterocycles. The molecule has 0 spiro atoms. The Balaban J connectivity index is 0.000000882. The first kappa shape index (κ1) is 131. The summed E-state index contributed by atoms with van der Waals surface area (Å²) in [5.74, 6) is -3.74. The molecule has 10 amide bonds. The third-order valence-electron chi connectivity index (χ3n) is 18.6. The zero-order chi connectivity index (χ0) is 103. The van der Waals surface area contributed by atoms with Crippen molar-refractivity contribution in [2.45, 2.75) is 149 Å². The SMILES string of the molecule is C=C(CCOCCOCCOCCOCCOCCOCCOCCN1C(=O)C(Br)=C(Br)C1=O)C(C)(C)C.CC(C)(C)C(=O)CCCCCN1C(=O)C(Br)=C(Br)C1=O.CC(C)(C)C(=O)CCCN1C(=O)C(Br)=C(Br)C1=O.CC(C)(C)C(=O)OCCOCCN1C(=O)C(Br)=C(Br)C1=O.CC(C)(C)C(=O)OCCOCCOCCOCCOCCOCCOCCOCCN1C(=O)C(Br)=C(Br)C1=O. The smallest absolute Gasteiger partial charge is 0.311 e. The lowest BCUT2D eigenvalue weighted by Crippen LogP contribution is -2.34. The van der Waals surface area contributed by atoms with Gasteiger partial charge in [0.15, 0.2) is 0 Å². The van der Waals surface area contributed by atoms with Crippen LogP contribution in [0.3, 0.4) is 0 Å². The van der Waals surface area contributed by atoms with E-state index in [9.17, 15) is 67.1 Å². The Kier molecular flexibility index (Phi) is 68.4. The van der Waals surface area contributed by atoms with Crippen LogP contribution in [-0.2, 0) is 148 Å². The van der Waals surface area contributed by atoms with Gasteiger partial charge in [0.25, 0.3) is 59.1 Å². The fourth-order valence-electron chi connectivity index (χ4n) is 10.3. The normalized spacial score (nSPS) is 15.1. The molecule has 136 heavy (non-hydrogen) atoms. The lowest BCUT2D eigenvalue weighted by atomic mass is 9.86. The second kappa shape index (κ2) is 71.2. The van der Waals surface area contributed by atoms with Crippen molar-refractivity contribution in [1.29, 1.82) is 0 Å². The molecule has 0 aromatic carbocycles. The number of ketones is 2. The minimum Gasteiger partial charge on any atom is -0.463 e. The molecule has 0 atom stereocenters. The molecule has 46 heteroatoms. The Morgan fingerprint density at radius 2 is 0.375 bits per heavy atom.